The van der Waals surface area contributed by atoms with Gasteiger partial charge in [0.1, 0.15) is 0 Å². The molecule has 0 aromatic heterocycles. The van der Waals surface area contributed by atoms with Crippen LogP contribution in [0.25, 0.3) is 0 Å². The van der Waals surface area contributed by atoms with Gasteiger partial charge in [0.05, 0.1) is 11.2 Å². The molecule has 0 spiro atoms. The summed E-state index contributed by atoms with van der Waals surface area (Å²) in [5, 5.41) is 9.76. The molecule has 0 heterocycles. The zero-order chi connectivity index (χ0) is 14.7. The first-order valence-electron chi connectivity index (χ1n) is 6.22. The molecule has 1 aromatic rings. The number of benzene rings is 1. The lowest BCUT2D eigenvalue weighted by Crippen LogP contribution is -2.38. The molecule has 108 valence electrons. The Hall–Kier alpha value is -1.07. The van der Waals surface area contributed by atoms with E-state index in [2.05, 4.69) is 0 Å². The molecular formula is C14H20F3NO. The summed E-state index contributed by atoms with van der Waals surface area (Å²) in [5.74, 6) is 0. The van der Waals surface area contributed by atoms with Gasteiger partial charge in [-0.05, 0) is 32.0 Å². The van der Waals surface area contributed by atoms with E-state index >= 15 is 0 Å². The zero-order valence-electron chi connectivity index (χ0n) is 11.5. The average Bonchev–Trinajstić information content (AvgIpc) is 2.25. The molecule has 0 aliphatic heterocycles. The Labute approximate surface area is 111 Å². The lowest BCUT2D eigenvalue weighted by atomic mass is 10.1. The summed E-state index contributed by atoms with van der Waals surface area (Å²) >= 11 is 0. The number of hydrogen-bond donors (Lipinski definition) is 1. The van der Waals surface area contributed by atoms with Crippen LogP contribution in [-0.2, 0) is 12.7 Å². The van der Waals surface area contributed by atoms with Crippen molar-refractivity contribution in [2.24, 2.45) is 0 Å². The van der Waals surface area contributed by atoms with Crippen LogP contribution in [0.4, 0.5) is 13.2 Å². The number of alkyl halides is 3. The van der Waals surface area contributed by atoms with Crippen LogP contribution < -0.4 is 0 Å². The summed E-state index contributed by atoms with van der Waals surface area (Å²) < 4.78 is 37.8. The van der Waals surface area contributed by atoms with Crippen LogP contribution in [0.15, 0.2) is 24.3 Å². The van der Waals surface area contributed by atoms with Gasteiger partial charge in [0.15, 0.2) is 0 Å². The van der Waals surface area contributed by atoms with Crippen molar-refractivity contribution in [3.63, 3.8) is 0 Å². The Bertz CT molecular complexity index is 410. The van der Waals surface area contributed by atoms with Crippen LogP contribution in [0.1, 0.15) is 31.9 Å². The lowest BCUT2D eigenvalue weighted by Gasteiger charge is -2.28. The summed E-state index contributed by atoms with van der Waals surface area (Å²) in [6.07, 6.45) is -4.32. The number of hydrogen-bond acceptors (Lipinski definition) is 2. The normalized spacial score (nSPS) is 13.1. The summed E-state index contributed by atoms with van der Waals surface area (Å²) in [7, 11) is 0. The maximum absolute atomic E-state index is 12.6. The van der Waals surface area contributed by atoms with Gasteiger partial charge in [-0.1, -0.05) is 25.1 Å². The van der Waals surface area contributed by atoms with Gasteiger partial charge in [-0.3, -0.25) is 4.90 Å². The second-order valence-corrected chi connectivity index (χ2v) is 5.31. The minimum absolute atomic E-state index is 0.393. The predicted octanol–water partition coefficient (Wildman–Crippen LogP) is 3.30. The highest BCUT2D eigenvalue weighted by Crippen LogP contribution is 2.29. The Balaban J connectivity index is 2.81. The molecular weight excluding hydrogens is 255 g/mol. The van der Waals surface area contributed by atoms with Crippen molar-refractivity contribution in [3.05, 3.63) is 35.4 Å². The lowest BCUT2D eigenvalue weighted by molar-refractivity contribution is -0.137. The fourth-order valence-corrected chi connectivity index (χ4v) is 1.93. The Morgan fingerprint density at radius 3 is 2.32 bits per heavy atom. The molecule has 1 N–H and O–H groups in total. The molecule has 2 nitrogen and oxygen atoms in total. The standard InChI is InChI=1S/C14H20F3NO/c1-4-18(10-13(2,3)19)9-11-6-5-7-12(8-11)14(15,16)17/h5-8,19H,4,9-10H2,1-3H3. The SMILES string of the molecule is CCN(Cc1cccc(C(F)(F)F)c1)CC(C)(C)O. The van der Waals surface area contributed by atoms with Crippen molar-refractivity contribution in [1.29, 1.82) is 0 Å². The van der Waals surface area contributed by atoms with Gasteiger partial charge in [-0.15, -0.1) is 0 Å². The number of likely N-dealkylation sites (N-methyl/N-ethyl adjacent to an activating group) is 1. The maximum Gasteiger partial charge on any atom is 0.416 e. The molecule has 1 aromatic carbocycles. The molecule has 0 aliphatic carbocycles. The number of aliphatic hydroxyl groups is 1. The number of nitrogens with zero attached hydrogens (tertiary/aromatic N) is 1. The van der Waals surface area contributed by atoms with Gasteiger partial charge in [-0.2, -0.15) is 13.2 Å². The molecule has 0 amide bonds. The first-order valence-corrected chi connectivity index (χ1v) is 6.22. The van der Waals surface area contributed by atoms with Crippen molar-refractivity contribution in [3.8, 4) is 0 Å². The van der Waals surface area contributed by atoms with Gasteiger partial charge in [0, 0.05) is 13.1 Å². The highest BCUT2D eigenvalue weighted by atomic mass is 19.4. The fourth-order valence-electron chi connectivity index (χ4n) is 1.93. The van der Waals surface area contributed by atoms with E-state index in [1.54, 1.807) is 19.9 Å². The monoisotopic (exact) mass is 275 g/mol. The average molecular weight is 275 g/mol. The molecule has 0 aliphatic rings. The molecule has 0 fully saturated rings. The Morgan fingerprint density at radius 2 is 1.84 bits per heavy atom. The van der Waals surface area contributed by atoms with E-state index in [1.165, 1.54) is 6.07 Å². The van der Waals surface area contributed by atoms with E-state index in [4.69, 9.17) is 0 Å². The van der Waals surface area contributed by atoms with Gasteiger partial charge >= 0.3 is 6.18 Å². The van der Waals surface area contributed by atoms with Crippen LogP contribution in [0, 0.1) is 0 Å². The predicted molar refractivity (Wildman–Crippen MR) is 68.7 cm³/mol. The van der Waals surface area contributed by atoms with Crippen molar-refractivity contribution < 1.29 is 18.3 Å². The maximum atomic E-state index is 12.6. The van der Waals surface area contributed by atoms with E-state index in [0.717, 1.165) is 12.1 Å². The van der Waals surface area contributed by atoms with E-state index in [1.807, 2.05) is 11.8 Å². The fraction of sp³-hybridized carbons (Fsp3) is 0.571. The highest BCUT2D eigenvalue weighted by Gasteiger charge is 2.30. The number of halogens is 3. The molecule has 0 saturated heterocycles. The summed E-state index contributed by atoms with van der Waals surface area (Å²) in [4.78, 5) is 1.91. The molecule has 1 rings (SSSR count). The van der Waals surface area contributed by atoms with Crippen LogP contribution in [-0.4, -0.2) is 28.7 Å². The van der Waals surface area contributed by atoms with Crippen molar-refractivity contribution in [1.82, 2.24) is 4.90 Å². The quantitative estimate of drug-likeness (QED) is 0.891. The molecule has 0 saturated carbocycles. The third kappa shape index (κ3) is 5.61. The van der Waals surface area contributed by atoms with Gasteiger partial charge in [-0.25, -0.2) is 0 Å². The summed E-state index contributed by atoms with van der Waals surface area (Å²) in [6, 6.07) is 5.31. The van der Waals surface area contributed by atoms with Crippen LogP contribution in [0.2, 0.25) is 0 Å². The first kappa shape index (κ1) is 16.0. The van der Waals surface area contributed by atoms with Gasteiger partial charge in [0.25, 0.3) is 0 Å². The van der Waals surface area contributed by atoms with Crippen molar-refractivity contribution in [2.45, 2.75) is 39.1 Å². The van der Waals surface area contributed by atoms with Crippen LogP contribution >= 0.6 is 0 Å². The van der Waals surface area contributed by atoms with Crippen LogP contribution in [0.5, 0.6) is 0 Å². The van der Waals surface area contributed by atoms with E-state index in [0.29, 0.717) is 25.2 Å². The Kier molecular flexibility index (Phi) is 4.98. The second kappa shape index (κ2) is 5.92. The largest absolute Gasteiger partial charge is 0.416 e. The second-order valence-electron chi connectivity index (χ2n) is 5.31. The van der Waals surface area contributed by atoms with Gasteiger partial charge < -0.3 is 5.11 Å². The smallest absolute Gasteiger partial charge is 0.389 e. The molecule has 0 radical (unpaired) electrons. The third-order valence-corrected chi connectivity index (χ3v) is 2.72. The topological polar surface area (TPSA) is 23.5 Å². The first-order chi connectivity index (χ1) is 8.62. The highest BCUT2D eigenvalue weighted by molar-refractivity contribution is 5.25. The third-order valence-electron chi connectivity index (χ3n) is 2.72. The minimum Gasteiger partial charge on any atom is -0.389 e. The van der Waals surface area contributed by atoms with Gasteiger partial charge in [0.2, 0.25) is 0 Å². The summed E-state index contributed by atoms with van der Waals surface area (Å²) in [5.41, 5.74) is -0.900. The van der Waals surface area contributed by atoms with Crippen LogP contribution in [0.3, 0.4) is 0 Å². The Morgan fingerprint density at radius 1 is 1.21 bits per heavy atom. The van der Waals surface area contributed by atoms with Crippen molar-refractivity contribution >= 4 is 0 Å². The van der Waals surface area contributed by atoms with E-state index < -0.39 is 17.3 Å². The zero-order valence-corrected chi connectivity index (χ0v) is 11.5. The molecule has 19 heavy (non-hydrogen) atoms. The molecule has 0 atom stereocenters. The summed E-state index contributed by atoms with van der Waals surface area (Å²) in [6.45, 7) is 6.76. The number of rotatable bonds is 5. The van der Waals surface area contributed by atoms with Crippen molar-refractivity contribution in [2.75, 3.05) is 13.1 Å². The minimum atomic E-state index is -4.32. The molecule has 0 unspecified atom stereocenters. The molecule has 0 bridgehead atoms. The van der Waals surface area contributed by atoms with E-state index in [9.17, 15) is 18.3 Å². The molecule has 5 heteroatoms. The van der Waals surface area contributed by atoms with E-state index in [-0.39, 0.29) is 0 Å².